The van der Waals surface area contributed by atoms with Crippen molar-refractivity contribution in [2.45, 2.75) is 45.1 Å². The van der Waals surface area contributed by atoms with Crippen LogP contribution in [-0.4, -0.2) is 12.3 Å². The molecule has 6 heteroatoms. The molecule has 0 saturated heterocycles. The van der Waals surface area contributed by atoms with Crippen molar-refractivity contribution in [1.82, 2.24) is 0 Å². The normalized spacial score (nSPS) is 13.5. The van der Waals surface area contributed by atoms with E-state index < -0.39 is 6.43 Å². The van der Waals surface area contributed by atoms with Crippen LogP contribution in [0.25, 0.3) is 0 Å². The van der Waals surface area contributed by atoms with Gasteiger partial charge in [0.05, 0.1) is 12.7 Å². The van der Waals surface area contributed by atoms with Crippen molar-refractivity contribution in [3.8, 4) is 5.75 Å². The number of hydrogen-bond acceptors (Lipinski definition) is 3. The highest BCUT2D eigenvalue weighted by Crippen LogP contribution is 2.43. The number of rotatable bonds is 7. The third-order valence-electron chi connectivity index (χ3n) is 4.74. The van der Waals surface area contributed by atoms with Gasteiger partial charge in [-0.05, 0) is 66.7 Å². The van der Waals surface area contributed by atoms with Crippen LogP contribution in [0.15, 0.2) is 36.4 Å². The second kappa shape index (κ2) is 8.65. The Morgan fingerprint density at radius 1 is 1.26 bits per heavy atom. The lowest BCUT2D eigenvalue weighted by Gasteiger charge is -2.18. The minimum absolute atomic E-state index is 0.0693. The Balaban J connectivity index is 1.88. The summed E-state index contributed by atoms with van der Waals surface area (Å²) < 4.78 is 37.8. The summed E-state index contributed by atoms with van der Waals surface area (Å²) in [5, 5.41) is 3.31. The molecule has 3 nitrogen and oxygen atoms in total. The van der Waals surface area contributed by atoms with E-state index in [0.717, 1.165) is 29.7 Å². The molecule has 1 saturated carbocycles. The van der Waals surface area contributed by atoms with Gasteiger partial charge < -0.3 is 14.8 Å². The van der Waals surface area contributed by atoms with Crippen LogP contribution in [0.5, 0.6) is 5.75 Å². The monoisotopic (exact) mass is 391 g/mol. The van der Waals surface area contributed by atoms with Gasteiger partial charge in [-0.15, -0.1) is 0 Å². The number of ether oxygens (including phenoxy) is 2. The molecule has 0 aromatic heterocycles. The average Bonchev–Trinajstić information content (AvgIpc) is 3.51. The van der Waals surface area contributed by atoms with Gasteiger partial charge in [0.15, 0.2) is 0 Å². The molecule has 1 fully saturated rings. The highest BCUT2D eigenvalue weighted by molar-refractivity contribution is 7.80. The van der Waals surface area contributed by atoms with Crippen LogP contribution < -0.4 is 10.1 Å². The summed E-state index contributed by atoms with van der Waals surface area (Å²) in [6.45, 7) is 2.13. The van der Waals surface area contributed by atoms with Crippen molar-refractivity contribution < 1.29 is 18.3 Å². The van der Waals surface area contributed by atoms with Crippen LogP contribution in [0.2, 0.25) is 0 Å². The number of methoxy groups -OCH3 is 1. The van der Waals surface area contributed by atoms with Crippen molar-refractivity contribution in [2.24, 2.45) is 0 Å². The third kappa shape index (κ3) is 4.75. The summed E-state index contributed by atoms with van der Waals surface area (Å²) >= 11 is 5.11. The van der Waals surface area contributed by atoms with Crippen molar-refractivity contribution in [3.05, 3.63) is 58.7 Å². The molecule has 0 unspecified atom stereocenters. The third-order valence-corrected chi connectivity index (χ3v) is 5.01. The van der Waals surface area contributed by atoms with Gasteiger partial charge in [-0.25, -0.2) is 8.78 Å². The lowest BCUT2D eigenvalue weighted by Crippen LogP contribution is -2.14. The standard InChI is InChI=1S/C21H23F2NO2S/c1-3-13-7-10-19(16(11-13)20(22)23)26-12-17-15(14-8-9-14)5-4-6-18(17)24-21(27)25-2/h4-7,10-11,14,20H,3,8-9,12H2,1-2H3,(H,24,27). The molecule has 2 aromatic carbocycles. The molecule has 1 aliphatic carbocycles. The van der Waals surface area contributed by atoms with E-state index in [9.17, 15) is 8.78 Å². The number of aryl methyl sites for hydroxylation is 1. The summed E-state index contributed by atoms with van der Waals surface area (Å²) in [5.74, 6) is 0.701. The van der Waals surface area contributed by atoms with Crippen molar-refractivity contribution in [1.29, 1.82) is 0 Å². The molecular weight excluding hydrogens is 368 g/mol. The average molecular weight is 391 g/mol. The van der Waals surface area contributed by atoms with E-state index in [1.807, 2.05) is 25.1 Å². The van der Waals surface area contributed by atoms with Crippen LogP contribution in [0.1, 0.15) is 54.4 Å². The highest BCUT2D eigenvalue weighted by Gasteiger charge is 2.27. The zero-order valence-corrected chi connectivity index (χ0v) is 16.2. The number of nitrogens with one attached hydrogen (secondary N) is 1. The molecule has 144 valence electrons. The second-order valence-electron chi connectivity index (χ2n) is 6.58. The molecule has 0 radical (unpaired) electrons. The molecule has 0 atom stereocenters. The highest BCUT2D eigenvalue weighted by atomic mass is 32.1. The van der Waals surface area contributed by atoms with E-state index >= 15 is 0 Å². The van der Waals surface area contributed by atoms with Gasteiger partial charge in [0.1, 0.15) is 12.4 Å². The maximum absolute atomic E-state index is 13.5. The molecule has 0 aliphatic heterocycles. The van der Waals surface area contributed by atoms with Gasteiger partial charge in [-0.1, -0.05) is 25.1 Å². The first-order valence-electron chi connectivity index (χ1n) is 9.04. The lowest BCUT2D eigenvalue weighted by molar-refractivity contribution is 0.144. The SMILES string of the molecule is CCc1ccc(OCc2c(NC(=S)OC)cccc2C2CC2)c(C(F)F)c1. The molecule has 0 heterocycles. The zero-order valence-electron chi connectivity index (χ0n) is 15.4. The zero-order chi connectivity index (χ0) is 19.4. The van der Waals surface area contributed by atoms with Gasteiger partial charge in [-0.3, -0.25) is 0 Å². The van der Waals surface area contributed by atoms with Crippen LogP contribution >= 0.6 is 12.2 Å². The predicted octanol–water partition coefficient (Wildman–Crippen LogP) is 5.99. The van der Waals surface area contributed by atoms with Crippen LogP contribution in [0, 0.1) is 0 Å². The fourth-order valence-electron chi connectivity index (χ4n) is 3.09. The molecule has 0 amide bonds. The number of hydrogen-bond donors (Lipinski definition) is 1. The lowest BCUT2D eigenvalue weighted by atomic mass is 10.0. The Bertz CT molecular complexity index is 822. The van der Waals surface area contributed by atoms with Crippen LogP contribution in [-0.2, 0) is 17.8 Å². The fraction of sp³-hybridized carbons (Fsp3) is 0.381. The minimum Gasteiger partial charge on any atom is -0.488 e. The largest absolute Gasteiger partial charge is 0.488 e. The first kappa shape index (κ1) is 19.5. The van der Waals surface area contributed by atoms with Crippen molar-refractivity contribution in [3.63, 3.8) is 0 Å². The minimum atomic E-state index is -2.58. The summed E-state index contributed by atoms with van der Waals surface area (Å²) in [7, 11) is 1.50. The summed E-state index contributed by atoms with van der Waals surface area (Å²) in [5.41, 5.74) is 3.68. The van der Waals surface area contributed by atoms with E-state index in [2.05, 4.69) is 11.4 Å². The van der Waals surface area contributed by atoms with Crippen LogP contribution in [0.3, 0.4) is 0 Å². The van der Waals surface area contributed by atoms with Crippen molar-refractivity contribution >= 4 is 23.1 Å². The Morgan fingerprint density at radius 3 is 2.67 bits per heavy atom. The van der Waals surface area contributed by atoms with Gasteiger partial charge >= 0.3 is 0 Å². The molecule has 2 aromatic rings. The topological polar surface area (TPSA) is 30.5 Å². The molecule has 1 N–H and O–H groups in total. The molecule has 3 rings (SSSR count). The van der Waals surface area contributed by atoms with Crippen molar-refractivity contribution in [2.75, 3.05) is 12.4 Å². The van der Waals surface area contributed by atoms with Gasteiger partial charge in [0.2, 0.25) is 0 Å². The van der Waals surface area contributed by atoms with E-state index in [4.69, 9.17) is 21.7 Å². The van der Waals surface area contributed by atoms with Crippen LogP contribution in [0.4, 0.5) is 14.5 Å². The first-order chi connectivity index (χ1) is 13.0. The number of halogens is 2. The van der Waals surface area contributed by atoms with E-state index in [0.29, 0.717) is 12.3 Å². The molecule has 0 spiro atoms. The van der Waals surface area contributed by atoms with Gasteiger partial charge in [0, 0.05) is 11.3 Å². The summed E-state index contributed by atoms with van der Waals surface area (Å²) in [6.07, 6.45) is 0.369. The number of benzene rings is 2. The number of anilines is 1. The molecule has 0 bridgehead atoms. The molecular formula is C21H23F2NO2S. The predicted molar refractivity (Wildman–Crippen MR) is 107 cm³/mol. The van der Waals surface area contributed by atoms with E-state index in [-0.39, 0.29) is 23.1 Å². The first-order valence-corrected chi connectivity index (χ1v) is 9.44. The Morgan fingerprint density at radius 2 is 2.04 bits per heavy atom. The fourth-order valence-corrected chi connectivity index (χ4v) is 3.20. The molecule has 1 aliphatic rings. The number of alkyl halides is 2. The Labute approximate surface area is 163 Å². The second-order valence-corrected chi connectivity index (χ2v) is 6.95. The maximum atomic E-state index is 13.5. The summed E-state index contributed by atoms with van der Waals surface area (Å²) in [4.78, 5) is 0. The van der Waals surface area contributed by atoms with E-state index in [1.54, 1.807) is 6.07 Å². The Kier molecular flexibility index (Phi) is 6.26. The van der Waals surface area contributed by atoms with E-state index in [1.165, 1.54) is 18.7 Å². The quantitative estimate of drug-likeness (QED) is 0.588. The Hall–Kier alpha value is -2.21. The maximum Gasteiger partial charge on any atom is 0.267 e. The number of thiocarbonyl (C=S) groups is 1. The van der Waals surface area contributed by atoms with Gasteiger partial charge in [0.25, 0.3) is 11.6 Å². The smallest absolute Gasteiger partial charge is 0.267 e. The molecule has 27 heavy (non-hydrogen) atoms. The van der Waals surface area contributed by atoms with Gasteiger partial charge in [-0.2, -0.15) is 0 Å². The summed E-state index contributed by atoms with van der Waals surface area (Å²) in [6, 6.07) is 10.9.